The van der Waals surface area contributed by atoms with Crippen LogP contribution in [-0.4, -0.2) is 24.2 Å². The number of carbonyl (C=O) groups is 3. The van der Waals surface area contributed by atoms with Crippen LogP contribution in [0.1, 0.15) is 42.7 Å². The molecule has 2 atom stereocenters. The SMILES string of the molecule is O=C1OC(=O)c2c1ccc1c3c(ccc21)C(=O)OC1OC31. The first-order valence-corrected chi connectivity index (χ1v) is 6.38. The number of hydrogen-bond acceptors (Lipinski definition) is 6. The quantitative estimate of drug-likeness (QED) is 0.415. The lowest BCUT2D eigenvalue weighted by Crippen LogP contribution is -2.16. The van der Waals surface area contributed by atoms with Crippen LogP contribution >= 0.6 is 0 Å². The van der Waals surface area contributed by atoms with Gasteiger partial charge in [0.1, 0.15) is 0 Å². The molecule has 0 bridgehead atoms. The van der Waals surface area contributed by atoms with Crippen LogP contribution < -0.4 is 0 Å². The van der Waals surface area contributed by atoms with Gasteiger partial charge in [-0.3, -0.25) is 0 Å². The van der Waals surface area contributed by atoms with Gasteiger partial charge in [0.05, 0.1) is 16.7 Å². The summed E-state index contributed by atoms with van der Waals surface area (Å²) in [6.07, 6.45) is -0.843. The van der Waals surface area contributed by atoms with Crippen LogP contribution in [0, 0.1) is 0 Å². The van der Waals surface area contributed by atoms with Gasteiger partial charge < -0.3 is 14.2 Å². The van der Waals surface area contributed by atoms with E-state index in [9.17, 15) is 14.4 Å². The summed E-state index contributed by atoms with van der Waals surface area (Å²) >= 11 is 0. The van der Waals surface area contributed by atoms with Crippen LogP contribution in [0.2, 0.25) is 0 Å². The average molecular weight is 282 g/mol. The summed E-state index contributed by atoms with van der Waals surface area (Å²) in [6.45, 7) is 0. The number of epoxide rings is 1. The van der Waals surface area contributed by atoms with Crippen molar-refractivity contribution >= 4 is 28.7 Å². The zero-order chi connectivity index (χ0) is 14.3. The van der Waals surface area contributed by atoms with Crippen molar-refractivity contribution in [3.8, 4) is 0 Å². The van der Waals surface area contributed by atoms with Gasteiger partial charge in [-0.15, -0.1) is 0 Å². The Hall–Kier alpha value is -2.73. The maximum Gasteiger partial charge on any atom is 0.347 e. The number of esters is 3. The Kier molecular flexibility index (Phi) is 1.72. The van der Waals surface area contributed by atoms with E-state index in [0.717, 1.165) is 0 Å². The highest BCUT2D eigenvalue weighted by Crippen LogP contribution is 2.48. The van der Waals surface area contributed by atoms with E-state index < -0.39 is 24.2 Å². The van der Waals surface area contributed by atoms with Crippen LogP contribution in [0.5, 0.6) is 0 Å². The summed E-state index contributed by atoms with van der Waals surface area (Å²) in [7, 11) is 0. The number of fused-ring (bicyclic) bond motifs is 7. The smallest absolute Gasteiger partial charge is 0.347 e. The summed E-state index contributed by atoms with van der Waals surface area (Å²) in [5.41, 5.74) is 1.64. The van der Waals surface area contributed by atoms with Gasteiger partial charge >= 0.3 is 17.9 Å². The number of benzene rings is 2. The van der Waals surface area contributed by atoms with Crippen LogP contribution in [0.4, 0.5) is 0 Å². The molecule has 6 heteroatoms. The fourth-order valence-corrected chi connectivity index (χ4v) is 3.06. The zero-order valence-electron chi connectivity index (χ0n) is 10.4. The lowest BCUT2D eigenvalue weighted by Gasteiger charge is -2.14. The molecule has 1 fully saturated rings. The van der Waals surface area contributed by atoms with Crippen LogP contribution in [0.3, 0.4) is 0 Å². The Balaban J connectivity index is 1.90. The third-order valence-electron chi connectivity index (χ3n) is 4.03. The Morgan fingerprint density at radius 3 is 2.43 bits per heavy atom. The number of ether oxygens (including phenoxy) is 3. The van der Waals surface area contributed by atoms with Crippen molar-refractivity contribution in [3.05, 3.63) is 46.5 Å². The van der Waals surface area contributed by atoms with Gasteiger partial charge in [-0.2, -0.15) is 0 Å². The first-order chi connectivity index (χ1) is 10.1. The van der Waals surface area contributed by atoms with E-state index in [1.807, 2.05) is 0 Å². The second kappa shape index (κ2) is 3.29. The number of hydrogen-bond donors (Lipinski definition) is 0. The van der Waals surface area contributed by atoms with E-state index in [1.165, 1.54) is 0 Å². The molecular weight excluding hydrogens is 276 g/mol. The van der Waals surface area contributed by atoms with Gasteiger partial charge in [-0.05, 0) is 22.9 Å². The van der Waals surface area contributed by atoms with E-state index in [4.69, 9.17) is 9.47 Å². The fourth-order valence-electron chi connectivity index (χ4n) is 3.06. The number of rotatable bonds is 0. The molecule has 0 N–H and O–H groups in total. The van der Waals surface area contributed by atoms with Crippen LogP contribution in [0.25, 0.3) is 10.8 Å². The highest BCUT2D eigenvalue weighted by molar-refractivity contribution is 6.22. The predicted molar refractivity (Wildman–Crippen MR) is 66.7 cm³/mol. The molecule has 2 aromatic carbocycles. The molecule has 2 aromatic rings. The Bertz CT molecular complexity index is 897. The van der Waals surface area contributed by atoms with Gasteiger partial charge in [0, 0.05) is 5.56 Å². The summed E-state index contributed by atoms with van der Waals surface area (Å²) in [5, 5.41) is 1.30. The lowest BCUT2D eigenvalue weighted by molar-refractivity contribution is 0.0290. The molecule has 0 amide bonds. The topological polar surface area (TPSA) is 82.2 Å². The first-order valence-electron chi connectivity index (χ1n) is 6.38. The zero-order valence-corrected chi connectivity index (χ0v) is 10.4. The molecule has 0 spiro atoms. The minimum atomic E-state index is -0.660. The van der Waals surface area contributed by atoms with Crippen LogP contribution in [-0.2, 0) is 14.2 Å². The minimum absolute atomic E-state index is 0.247. The molecule has 6 nitrogen and oxygen atoms in total. The Morgan fingerprint density at radius 1 is 0.810 bits per heavy atom. The van der Waals surface area contributed by atoms with Crippen molar-refractivity contribution in [3.63, 3.8) is 0 Å². The molecule has 0 radical (unpaired) electrons. The Labute approximate surface area is 117 Å². The molecule has 0 aromatic heterocycles. The van der Waals surface area contributed by atoms with Gasteiger partial charge in [0.15, 0.2) is 6.10 Å². The molecule has 102 valence electrons. The fraction of sp³-hybridized carbons (Fsp3) is 0.133. The van der Waals surface area contributed by atoms with Gasteiger partial charge in [0.2, 0.25) is 6.29 Å². The van der Waals surface area contributed by atoms with Crippen molar-refractivity contribution in [2.75, 3.05) is 0 Å². The second-order valence-electron chi connectivity index (χ2n) is 5.12. The van der Waals surface area contributed by atoms with Gasteiger partial charge in [-0.25, -0.2) is 14.4 Å². The molecular formula is C15H6O6. The highest BCUT2D eigenvalue weighted by Gasteiger charge is 2.51. The summed E-state index contributed by atoms with van der Waals surface area (Å²) in [4.78, 5) is 35.3. The summed E-state index contributed by atoms with van der Waals surface area (Å²) in [6, 6.07) is 6.48. The van der Waals surface area contributed by atoms with E-state index in [-0.39, 0.29) is 17.2 Å². The molecule has 5 rings (SSSR count). The maximum atomic E-state index is 11.9. The molecule has 0 aliphatic carbocycles. The molecule has 3 aliphatic heterocycles. The molecule has 2 unspecified atom stereocenters. The van der Waals surface area contributed by atoms with E-state index in [1.54, 1.807) is 24.3 Å². The molecule has 3 heterocycles. The Morgan fingerprint density at radius 2 is 1.57 bits per heavy atom. The third kappa shape index (κ3) is 1.23. The van der Waals surface area contributed by atoms with Gasteiger partial charge in [0.25, 0.3) is 0 Å². The molecule has 1 saturated heterocycles. The van der Waals surface area contributed by atoms with E-state index in [0.29, 0.717) is 21.9 Å². The van der Waals surface area contributed by atoms with Crippen molar-refractivity contribution in [1.82, 2.24) is 0 Å². The number of carbonyl (C=O) groups excluding carboxylic acids is 3. The lowest BCUT2D eigenvalue weighted by atomic mass is 9.91. The van der Waals surface area contributed by atoms with Crippen LogP contribution in [0.15, 0.2) is 24.3 Å². The van der Waals surface area contributed by atoms with Gasteiger partial charge in [-0.1, -0.05) is 12.1 Å². The van der Waals surface area contributed by atoms with Crippen molar-refractivity contribution < 1.29 is 28.6 Å². The standard InChI is InChI=1S/C15H6O6/c16-12-8-4-1-5-6(10(8)14(18)20-12)2-3-7-9(5)11-15(19-11)21-13(7)17/h1-4,11,15H. The monoisotopic (exact) mass is 282 g/mol. The van der Waals surface area contributed by atoms with E-state index in [2.05, 4.69) is 4.74 Å². The molecule has 21 heavy (non-hydrogen) atoms. The van der Waals surface area contributed by atoms with E-state index >= 15 is 0 Å². The second-order valence-corrected chi connectivity index (χ2v) is 5.12. The average Bonchev–Trinajstić information content (AvgIpc) is 3.17. The maximum absolute atomic E-state index is 11.9. The molecule has 3 aliphatic rings. The predicted octanol–water partition coefficient (Wildman–Crippen LogP) is 1.72. The number of cyclic esters (lactones) is 2. The highest BCUT2D eigenvalue weighted by atomic mass is 16.8. The van der Waals surface area contributed by atoms with Crippen molar-refractivity contribution in [2.24, 2.45) is 0 Å². The van der Waals surface area contributed by atoms with Crippen molar-refractivity contribution in [2.45, 2.75) is 12.4 Å². The summed E-state index contributed by atoms with van der Waals surface area (Å²) < 4.78 is 15.0. The largest absolute Gasteiger partial charge is 0.429 e. The third-order valence-corrected chi connectivity index (χ3v) is 4.03. The van der Waals surface area contributed by atoms with Crippen molar-refractivity contribution in [1.29, 1.82) is 0 Å². The normalized spacial score (nSPS) is 25.0. The first kappa shape index (κ1) is 11.0. The minimum Gasteiger partial charge on any atom is -0.429 e. The molecule has 0 saturated carbocycles. The summed E-state index contributed by atoms with van der Waals surface area (Å²) in [5.74, 6) is -1.74.